The summed E-state index contributed by atoms with van der Waals surface area (Å²) in [5.41, 5.74) is 1.02. The van der Waals surface area contributed by atoms with Crippen molar-refractivity contribution in [1.29, 1.82) is 0 Å². The van der Waals surface area contributed by atoms with Gasteiger partial charge in [0, 0.05) is 0 Å². The normalized spacial score (nSPS) is 11.9. The van der Waals surface area contributed by atoms with Crippen LogP contribution < -0.4 is 10.1 Å². The Balaban J connectivity index is 2.09. The van der Waals surface area contributed by atoms with E-state index in [0.717, 1.165) is 17.7 Å². The predicted octanol–water partition coefficient (Wildman–Crippen LogP) is 2.00. The topological polar surface area (TPSA) is 79.9 Å². The lowest BCUT2D eigenvalue weighted by Crippen LogP contribution is -2.29. The number of amides is 1. The van der Waals surface area contributed by atoms with Gasteiger partial charge in [-0.15, -0.1) is 5.10 Å². The number of methoxy groups -OCH3 is 1. The Kier molecular flexibility index (Phi) is 4.34. The maximum atomic E-state index is 12.0. The van der Waals surface area contributed by atoms with Crippen LogP contribution in [0.1, 0.15) is 41.4 Å². The van der Waals surface area contributed by atoms with Crippen molar-refractivity contribution < 1.29 is 9.53 Å². The van der Waals surface area contributed by atoms with E-state index in [1.54, 1.807) is 14.0 Å². The molecule has 106 valence electrons. The van der Waals surface area contributed by atoms with E-state index in [1.165, 1.54) is 0 Å². The van der Waals surface area contributed by atoms with E-state index in [-0.39, 0.29) is 17.8 Å². The fraction of sp³-hybridized carbons (Fsp3) is 0.357. The molecule has 2 N–H and O–H groups in total. The van der Waals surface area contributed by atoms with Gasteiger partial charge in [-0.2, -0.15) is 0 Å². The number of carbonyl (C=O) groups is 1. The Hall–Kier alpha value is -2.37. The molecular formula is C14H18N4O2. The number of aromatic nitrogens is 3. The first kappa shape index (κ1) is 14.0. The average Bonchev–Trinajstić information content (AvgIpc) is 2.91. The van der Waals surface area contributed by atoms with Gasteiger partial charge in [0.25, 0.3) is 5.91 Å². The lowest BCUT2D eigenvalue weighted by molar-refractivity contribution is 0.0925. The Bertz CT molecular complexity index is 577. The van der Waals surface area contributed by atoms with Gasteiger partial charge in [0.2, 0.25) is 5.82 Å². The van der Waals surface area contributed by atoms with Gasteiger partial charge in [-0.3, -0.25) is 9.89 Å². The number of hydrogen-bond donors (Lipinski definition) is 2. The van der Waals surface area contributed by atoms with Crippen molar-refractivity contribution in [3.63, 3.8) is 0 Å². The van der Waals surface area contributed by atoms with Crippen LogP contribution in [0.25, 0.3) is 0 Å². The average molecular weight is 274 g/mol. The standard InChI is InChI=1S/C14H18N4O2/c1-4-12(10-5-7-11(20-3)8-6-10)16-14(19)13-15-9(2)17-18-13/h5-8,12H,4H2,1-3H3,(H,16,19)(H,15,17,18). The second-order valence-corrected chi connectivity index (χ2v) is 4.45. The summed E-state index contributed by atoms with van der Waals surface area (Å²) in [6, 6.07) is 7.56. The van der Waals surface area contributed by atoms with E-state index in [1.807, 2.05) is 31.2 Å². The van der Waals surface area contributed by atoms with E-state index in [2.05, 4.69) is 20.5 Å². The largest absolute Gasteiger partial charge is 0.497 e. The van der Waals surface area contributed by atoms with Crippen LogP contribution in [-0.2, 0) is 0 Å². The van der Waals surface area contributed by atoms with Crippen molar-refractivity contribution in [3.05, 3.63) is 41.5 Å². The highest BCUT2D eigenvalue weighted by Crippen LogP contribution is 2.20. The lowest BCUT2D eigenvalue weighted by Gasteiger charge is -2.16. The van der Waals surface area contributed by atoms with Crippen molar-refractivity contribution in [2.45, 2.75) is 26.3 Å². The Labute approximate surface area is 117 Å². The van der Waals surface area contributed by atoms with Gasteiger partial charge in [0.05, 0.1) is 13.2 Å². The van der Waals surface area contributed by atoms with Crippen molar-refractivity contribution in [1.82, 2.24) is 20.5 Å². The maximum absolute atomic E-state index is 12.0. The molecule has 0 aliphatic carbocycles. The first-order valence-corrected chi connectivity index (χ1v) is 6.47. The fourth-order valence-electron chi connectivity index (χ4n) is 1.92. The van der Waals surface area contributed by atoms with E-state index in [4.69, 9.17) is 4.74 Å². The molecule has 2 aromatic rings. The van der Waals surface area contributed by atoms with E-state index < -0.39 is 0 Å². The second-order valence-electron chi connectivity index (χ2n) is 4.45. The lowest BCUT2D eigenvalue weighted by atomic mass is 10.0. The van der Waals surface area contributed by atoms with E-state index >= 15 is 0 Å². The highest BCUT2D eigenvalue weighted by atomic mass is 16.5. The quantitative estimate of drug-likeness (QED) is 0.874. The number of benzene rings is 1. The molecule has 1 heterocycles. The number of aromatic amines is 1. The molecule has 2 rings (SSSR count). The number of aryl methyl sites for hydroxylation is 1. The molecule has 0 fully saturated rings. The summed E-state index contributed by atoms with van der Waals surface area (Å²) in [4.78, 5) is 16.1. The van der Waals surface area contributed by atoms with Crippen LogP contribution in [0, 0.1) is 6.92 Å². The molecule has 0 spiro atoms. The number of nitrogens with one attached hydrogen (secondary N) is 2. The van der Waals surface area contributed by atoms with E-state index in [9.17, 15) is 4.79 Å². The van der Waals surface area contributed by atoms with Crippen LogP contribution in [-0.4, -0.2) is 28.2 Å². The van der Waals surface area contributed by atoms with Gasteiger partial charge in [-0.1, -0.05) is 19.1 Å². The third-order valence-electron chi connectivity index (χ3n) is 3.03. The minimum absolute atomic E-state index is 0.0767. The minimum atomic E-state index is -0.281. The van der Waals surface area contributed by atoms with Crippen LogP contribution in [0.3, 0.4) is 0 Å². The molecule has 1 unspecified atom stereocenters. The minimum Gasteiger partial charge on any atom is -0.497 e. The number of nitrogens with zero attached hydrogens (tertiary/aromatic N) is 2. The summed E-state index contributed by atoms with van der Waals surface area (Å²) < 4.78 is 5.12. The summed E-state index contributed by atoms with van der Waals surface area (Å²) >= 11 is 0. The third kappa shape index (κ3) is 3.14. The molecule has 1 aromatic carbocycles. The first-order chi connectivity index (χ1) is 9.63. The Morgan fingerprint density at radius 3 is 2.60 bits per heavy atom. The van der Waals surface area contributed by atoms with Gasteiger partial charge < -0.3 is 10.1 Å². The maximum Gasteiger partial charge on any atom is 0.291 e. The molecule has 0 bridgehead atoms. The van der Waals surface area contributed by atoms with Crippen molar-refractivity contribution in [3.8, 4) is 5.75 Å². The zero-order chi connectivity index (χ0) is 14.5. The number of rotatable bonds is 5. The molecule has 6 heteroatoms. The fourth-order valence-corrected chi connectivity index (χ4v) is 1.92. The van der Waals surface area contributed by atoms with Gasteiger partial charge in [0.15, 0.2) is 0 Å². The number of hydrogen-bond acceptors (Lipinski definition) is 4. The molecule has 6 nitrogen and oxygen atoms in total. The van der Waals surface area contributed by atoms with E-state index in [0.29, 0.717) is 5.82 Å². The molecule has 0 saturated heterocycles. The predicted molar refractivity (Wildman–Crippen MR) is 74.6 cm³/mol. The molecule has 0 aliphatic rings. The monoisotopic (exact) mass is 274 g/mol. The molecule has 0 saturated carbocycles. The Morgan fingerprint density at radius 2 is 2.10 bits per heavy atom. The van der Waals surface area contributed by atoms with Crippen molar-refractivity contribution in [2.75, 3.05) is 7.11 Å². The second kappa shape index (κ2) is 6.18. The van der Waals surface area contributed by atoms with Crippen LogP contribution >= 0.6 is 0 Å². The summed E-state index contributed by atoms with van der Waals surface area (Å²) in [6.45, 7) is 3.77. The number of carbonyl (C=O) groups excluding carboxylic acids is 1. The third-order valence-corrected chi connectivity index (χ3v) is 3.03. The SMILES string of the molecule is CCC(NC(=O)c1n[nH]c(C)n1)c1ccc(OC)cc1. The molecule has 0 aliphatic heterocycles. The van der Waals surface area contributed by atoms with Crippen LogP contribution in [0.2, 0.25) is 0 Å². The molecule has 20 heavy (non-hydrogen) atoms. The smallest absolute Gasteiger partial charge is 0.291 e. The first-order valence-electron chi connectivity index (χ1n) is 6.47. The molecular weight excluding hydrogens is 256 g/mol. The molecule has 1 aromatic heterocycles. The zero-order valence-electron chi connectivity index (χ0n) is 11.8. The van der Waals surface area contributed by atoms with Crippen LogP contribution in [0.4, 0.5) is 0 Å². The van der Waals surface area contributed by atoms with Gasteiger partial charge >= 0.3 is 0 Å². The molecule has 0 radical (unpaired) electrons. The molecule has 1 amide bonds. The molecule has 1 atom stereocenters. The van der Waals surface area contributed by atoms with Gasteiger partial charge in [-0.25, -0.2) is 4.98 Å². The Morgan fingerprint density at radius 1 is 1.40 bits per heavy atom. The van der Waals surface area contributed by atoms with Crippen LogP contribution in [0.15, 0.2) is 24.3 Å². The van der Waals surface area contributed by atoms with Crippen molar-refractivity contribution in [2.24, 2.45) is 0 Å². The van der Waals surface area contributed by atoms with Crippen molar-refractivity contribution >= 4 is 5.91 Å². The highest BCUT2D eigenvalue weighted by molar-refractivity contribution is 5.90. The zero-order valence-corrected chi connectivity index (χ0v) is 11.8. The van der Waals surface area contributed by atoms with Gasteiger partial charge in [0.1, 0.15) is 11.6 Å². The highest BCUT2D eigenvalue weighted by Gasteiger charge is 2.17. The van der Waals surface area contributed by atoms with Gasteiger partial charge in [-0.05, 0) is 31.0 Å². The summed E-state index contributed by atoms with van der Waals surface area (Å²) in [5, 5.41) is 9.44. The number of ether oxygens (including phenoxy) is 1. The van der Waals surface area contributed by atoms with Crippen LogP contribution in [0.5, 0.6) is 5.75 Å². The summed E-state index contributed by atoms with van der Waals surface area (Å²) in [5.74, 6) is 1.29. The number of H-pyrrole nitrogens is 1. The summed E-state index contributed by atoms with van der Waals surface area (Å²) in [6.07, 6.45) is 0.779. The summed E-state index contributed by atoms with van der Waals surface area (Å²) in [7, 11) is 1.62.